The molecular formula is C21H23BrN2O3S. The highest BCUT2D eigenvalue weighted by Gasteiger charge is 2.36. The Balaban J connectivity index is 1.77. The third-order valence-corrected chi connectivity index (χ3v) is 7.55. The van der Waals surface area contributed by atoms with Gasteiger partial charge in [0.1, 0.15) is 4.90 Å². The fourth-order valence-electron chi connectivity index (χ4n) is 4.49. The van der Waals surface area contributed by atoms with Crippen molar-refractivity contribution < 1.29 is 13.2 Å². The summed E-state index contributed by atoms with van der Waals surface area (Å²) in [7, 11) is -3.81. The predicted octanol–water partition coefficient (Wildman–Crippen LogP) is 4.10. The molecular weight excluding hydrogens is 440 g/mol. The van der Waals surface area contributed by atoms with Gasteiger partial charge < -0.3 is 4.90 Å². The van der Waals surface area contributed by atoms with E-state index in [1.54, 1.807) is 11.0 Å². The van der Waals surface area contributed by atoms with Crippen LogP contribution < -0.4 is 9.62 Å². The second-order valence-corrected chi connectivity index (χ2v) is 10.2. The largest absolute Gasteiger partial charge is 0.308 e. The molecule has 1 heterocycles. The number of halogens is 1. The minimum absolute atomic E-state index is 0.0637. The molecule has 28 heavy (non-hydrogen) atoms. The van der Waals surface area contributed by atoms with Crippen LogP contribution in [0.2, 0.25) is 0 Å². The number of nitrogens with zero attached hydrogens (tertiary/aromatic N) is 1. The van der Waals surface area contributed by atoms with Gasteiger partial charge in [-0.15, -0.1) is 0 Å². The highest BCUT2D eigenvalue weighted by molar-refractivity contribution is 9.10. The maximum Gasteiger partial charge on any atom is 0.243 e. The van der Waals surface area contributed by atoms with Crippen LogP contribution in [0.25, 0.3) is 0 Å². The minimum Gasteiger partial charge on any atom is -0.308 e. The van der Waals surface area contributed by atoms with Crippen LogP contribution in [0.5, 0.6) is 0 Å². The van der Waals surface area contributed by atoms with E-state index in [0.29, 0.717) is 16.6 Å². The number of carbonyl (C=O) groups is 1. The molecule has 0 fully saturated rings. The standard InChI is InChI=1S/C21H23BrN2O3S/c1-13-10-16-11-17(22)12-20(21(16)24(13)14(2)25)28(26,27)23-19-9-5-7-15-6-3-4-8-18(15)19/h3-4,6,8,11-13,19,23H,5,7,9-10H2,1-2H3/t13-,19-/m0/s1. The average molecular weight is 463 g/mol. The van der Waals surface area contributed by atoms with Crippen LogP contribution in [-0.4, -0.2) is 20.4 Å². The number of rotatable bonds is 3. The topological polar surface area (TPSA) is 66.5 Å². The van der Waals surface area contributed by atoms with Crippen LogP contribution in [0.4, 0.5) is 5.69 Å². The van der Waals surface area contributed by atoms with Gasteiger partial charge in [0, 0.05) is 23.5 Å². The van der Waals surface area contributed by atoms with E-state index in [1.807, 2.05) is 31.2 Å². The lowest BCUT2D eigenvalue weighted by atomic mass is 9.88. The van der Waals surface area contributed by atoms with Crippen molar-refractivity contribution in [2.75, 3.05) is 4.90 Å². The molecule has 0 bridgehead atoms. The Morgan fingerprint density at radius 2 is 1.96 bits per heavy atom. The molecule has 0 unspecified atom stereocenters. The Bertz CT molecular complexity index is 1050. The van der Waals surface area contributed by atoms with Crippen molar-refractivity contribution >= 4 is 37.5 Å². The van der Waals surface area contributed by atoms with E-state index >= 15 is 0 Å². The maximum atomic E-state index is 13.4. The van der Waals surface area contributed by atoms with Gasteiger partial charge in [0.25, 0.3) is 0 Å². The summed E-state index contributed by atoms with van der Waals surface area (Å²) in [4.78, 5) is 14.0. The number of hydrogen-bond acceptors (Lipinski definition) is 3. The molecule has 4 rings (SSSR count). The summed E-state index contributed by atoms with van der Waals surface area (Å²) in [5.41, 5.74) is 3.63. The van der Waals surface area contributed by atoms with Gasteiger partial charge >= 0.3 is 0 Å². The van der Waals surface area contributed by atoms with Crippen LogP contribution in [0.3, 0.4) is 0 Å². The molecule has 7 heteroatoms. The minimum atomic E-state index is -3.81. The fourth-order valence-corrected chi connectivity index (χ4v) is 6.66. The second kappa shape index (κ2) is 7.28. The normalized spacial score (nSPS) is 21.3. The summed E-state index contributed by atoms with van der Waals surface area (Å²) in [6.45, 7) is 3.42. The summed E-state index contributed by atoms with van der Waals surface area (Å²) in [6.07, 6.45) is 3.32. The smallest absolute Gasteiger partial charge is 0.243 e. The Morgan fingerprint density at radius 1 is 1.21 bits per heavy atom. The van der Waals surface area contributed by atoms with Gasteiger partial charge in [-0.3, -0.25) is 4.79 Å². The molecule has 0 radical (unpaired) electrons. The Hall–Kier alpha value is -1.70. The van der Waals surface area contributed by atoms with Crippen molar-refractivity contribution in [1.29, 1.82) is 0 Å². The van der Waals surface area contributed by atoms with Crippen molar-refractivity contribution in [1.82, 2.24) is 4.72 Å². The average Bonchev–Trinajstić information content (AvgIpc) is 2.96. The summed E-state index contributed by atoms with van der Waals surface area (Å²) >= 11 is 3.44. The summed E-state index contributed by atoms with van der Waals surface area (Å²) in [5, 5.41) is 0. The fraction of sp³-hybridized carbons (Fsp3) is 0.381. The van der Waals surface area contributed by atoms with Gasteiger partial charge in [0.2, 0.25) is 15.9 Å². The van der Waals surface area contributed by atoms with Gasteiger partial charge in [-0.25, -0.2) is 13.1 Å². The molecule has 1 aliphatic carbocycles. The summed E-state index contributed by atoms with van der Waals surface area (Å²) in [6, 6.07) is 11.2. The van der Waals surface area contributed by atoms with Crippen molar-refractivity contribution in [3.05, 3.63) is 57.6 Å². The van der Waals surface area contributed by atoms with Gasteiger partial charge in [-0.2, -0.15) is 0 Å². The number of sulfonamides is 1. The van der Waals surface area contributed by atoms with Crippen molar-refractivity contribution in [2.24, 2.45) is 0 Å². The Kier molecular flexibility index (Phi) is 5.10. The lowest BCUT2D eigenvalue weighted by molar-refractivity contribution is -0.116. The number of anilines is 1. The highest BCUT2D eigenvalue weighted by Crippen LogP contribution is 2.41. The van der Waals surface area contributed by atoms with Gasteiger partial charge in [-0.05, 0) is 61.4 Å². The quantitative estimate of drug-likeness (QED) is 0.746. The van der Waals surface area contributed by atoms with Gasteiger partial charge in [0.15, 0.2) is 0 Å². The lowest BCUT2D eigenvalue weighted by Crippen LogP contribution is -2.36. The molecule has 2 atom stereocenters. The number of aryl methyl sites for hydroxylation is 1. The van der Waals surface area contributed by atoms with Crippen molar-refractivity contribution in [2.45, 2.75) is 56.5 Å². The maximum absolute atomic E-state index is 13.4. The van der Waals surface area contributed by atoms with E-state index in [2.05, 4.69) is 26.7 Å². The molecule has 1 aliphatic heterocycles. The first-order valence-electron chi connectivity index (χ1n) is 9.50. The van der Waals surface area contributed by atoms with Crippen molar-refractivity contribution in [3.63, 3.8) is 0 Å². The molecule has 0 spiro atoms. The third-order valence-electron chi connectivity index (χ3n) is 5.61. The van der Waals surface area contributed by atoms with Crippen LogP contribution in [-0.2, 0) is 27.7 Å². The molecule has 148 valence electrons. The molecule has 1 amide bonds. The molecule has 1 N–H and O–H groups in total. The highest BCUT2D eigenvalue weighted by atomic mass is 79.9. The summed E-state index contributed by atoms with van der Waals surface area (Å²) < 4.78 is 30.5. The molecule has 0 saturated carbocycles. The number of carbonyl (C=O) groups excluding carboxylic acids is 1. The zero-order valence-electron chi connectivity index (χ0n) is 15.9. The molecule has 2 aromatic rings. The van der Waals surface area contributed by atoms with Gasteiger partial charge in [-0.1, -0.05) is 40.2 Å². The van der Waals surface area contributed by atoms with E-state index < -0.39 is 10.0 Å². The van der Waals surface area contributed by atoms with Crippen molar-refractivity contribution in [3.8, 4) is 0 Å². The molecule has 0 aromatic heterocycles. The Labute approximate surface area is 174 Å². The number of nitrogens with one attached hydrogen (secondary N) is 1. The zero-order valence-corrected chi connectivity index (χ0v) is 18.3. The molecule has 0 saturated heterocycles. The third kappa shape index (κ3) is 3.40. The summed E-state index contributed by atoms with van der Waals surface area (Å²) in [5.74, 6) is -0.145. The second-order valence-electron chi connectivity index (χ2n) is 7.62. The van der Waals surface area contributed by atoms with E-state index in [4.69, 9.17) is 0 Å². The van der Waals surface area contributed by atoms with Crippen LogP contribution in [0.1, 0.15) is 49.4 Å². The number of hydrogen-bond donors (Lipinski definition) is 1. The first kappa shape index (κ1) is 19.6. The molecule has 5 nitrogen and oxygen atoms in total. The van der Waals surface area contributed by atoms with E-state index in [0.717, 1.165) is 30.4 Å². The number of amides is 1. The van der Waals surface area contributed by atoms with Crippen LogP contribution >= 0.6 is 15.9 Å². The zero-order chi connectivity index (χ0) is 20.1. The molecule has 2 aromatic carbocycles. The SMILES string of the molecule is CC(=O)N1c2c(cc(Br)cc2S(=O)(=O)N[C@H]2CCCc3ccccc32)C[C@@H]1C. The van der Waals surface area contributed by atoms with Crippen LogP contribution in [0.15, 0.2) is 45.8 Å². The van der Waals surface area contributed by atoms with E-state index in [9.17, 15) is 13.2 Å². The first-order valence-corrected chi connectivity index (χ1v) is 11.8. The van der Waals surface area contributed by atoms with Gasteiger partial charge in [0.05, 0.1) is 5.69 Å². The predicted molar refractivity (Wildman–Crippen MR) is 113 cm³/mol. The number of fused-ring (bicyclic) bond motifs is 2. The number of benzene rings is 2. The molecule has 2 aliphatic rings. The lowest BCUT2D eigenvalue weighted by Gasteiger charge is -2.28. The van der Waals surface area contributed by atoms with E-state index in [1.165, 1.54) is 12.5 Å². The first-order chi connectivity index (χ1) is 13.3. The Morgan fingerprint density at radius 3 is 2.71 bits per heavy atom. The van der Waals surface area contributed by atoms with E-state index in [-0.39, 0.29) is 22.9 Å². The van der Waals surface area contributed by atoms with Crippen LogP contribution in [0, 0.1) is 0 Å². The monoisotopic (exact) mass is 462 g/mol.